The van der Waals surface area contributed by atoms with Crippen molar-refractivity contribution in [2.24, 2.45) is 0 Å². The Kier molecular flexibility index (Phi) is 5.49. The summed E-state index contributed by atoms with van der Waals surface area (Å²) >= 11 is 6.12. The van der Waals surface area contributed by atoms with Crippen LogP contribution in [0.25, 0.3) is 0 Å². The number of nitrogens with zero attached hydrogens (tertiary/aromatic N) is 1. The molecule has 1 unspecified atom stereocenters. The first-order valence-corrected chi connectivity index (χ1v) is 7.33. The SMILES string of the molecule is Cc1cccc(Cl)c1OCCN1CCCC(O)CC1. The molecule has 1 atom stereocenters. The van der Waals surface area contributed by atoms with E-state index in [1.807, 2.05) is 25.1 Å². The lowest BCUT2D eigenvalue weighted by atomic mass is 10.2. The standard InChI is InChI=1S/C15H22ClNO2/c1-12-4-2-6-14(16)15(12)19-11-10-17-8-3-5-13(18)7-9-17/h2,4,6,13,18H,3,5,7-11H2,1H3. The van der Waals surface area contributed by atoms with Crippen LogP contribution in [-0.2, 0) is 0 Å². The highest BCUT2D eigenvalue weighted by Gasteiger charge is 2.14. The summed E-state index contributed by atoms with van der Waals surface area (Å²) < 4.78 is 5.80. The van der Waals surface area contributed by atoms with Crippen LogP contribution in [0.2, 0.25) is 5.02 Å². The number of hydrogen-bond acceptors (Lipinski definition) is 3. The van der Waals surface area contributed by atoms with Crippen molar-refractivity contribution in [1.82, 2.24) is 4.90 Å². The van der Waals surface area contributed by atoms with Crippen LogP contribution in [-0.4, -0.2) is 42.4 Å². The van der Waals surface area contributed by atoms with E-state index in [2.05, 4.69) is 4.90 Å². The number of aliphatic hydroxyl groups is 1. The molecule has 1 saturated heterocycles. The normalized spacial score (nSPS) is 21.1. The van der Waals surface area contributed by atoms with Crippen molar-refractivity contribution < 1.29 is 9.84 Å². The minimum absolute atomic E-state index is 0.128. The summed E-state index contributed by atoms with van der Waals surface area (Å²) in [5, 5.41) is 10.3. The molecule has 19 heavy (non-hydrogen) atoms. The Morgan fingerprint density at radius 1 is 1.37 bits per heavy atom. The van der Waals surface area contributed by atoms with Gasteiger partial charge in [-0.3, -0.25) is 4.90 Å². The molecule has 1 heterocycles. The fourth-order valence-electron chi connectivity index (χ4n) is 2.44. The molecular formula is C15H22ClNO2. The van der Waals surface area contributed by atoms with E-state index in [-0.39, 0.29) is 6.10 Å². The van der Waals surface area contributed by atoms with Gasteiger partial charge in [-0.05, 0) is 44.4 Å². The smallest absolute Gasteiger partial charge is 0.140 e. The second kappa shape index (κ2) is 7.13. The molecule has 106 valence electrons. The third kappa shape index (κ3) is 4.37. The highest BCUT2D eigenvalue weighted by Crippen LogP contribution is 2.27. The Morgan fingerprint density at radius 2 is 2.21 bits per heavy atom. The molecule has 0 spiro atoms. The van der Waals surface area contributed by atoms with Crippen LogP contribution in [0.3, 0.4) is 0 Å². The number of hydrogen-bond donors (Lipinski definition) is 1. The van der Waals surface area contributed by atoms with E-state index < -0.39 is 0 Å². The zero-order valence-corrected chi connectivity index (χ0v) is 12.2. The molecule has 2 rings (SSSR count). The zero-order valence-electron chi connectivity index (χ0n) is 11.4. The van der Waals surface area contributed by atoms with Crippen molar-refractivity contribution >= 4 is 11.6 Å². The third-order valence-electron chi connectivity index (χ3n) is 3.61. The number of aryl methyl sites for hydroxylation is 1. The van der Waals surface area contributed by atoms with Crippen molar-refractivity contribution in [2.75, 3.05) is 26.2 Å². The van der Waals surface area contributed by atoms with E-state index in [4.69, 9.17) is 16.3 Å². The molecule has 1 N–H and O–H groups in total. The number of benzene rings is 1. The second-order valence-corrected chi connectivity index (χ2v) is 5.57. The molecule has 1 aliphatic rings. The van der Waals surface area contributed by atoms with E-state index >= 15 is 0 Å². The summed E-state index contributed by atoms with van der Waals surface area (Å²) in [7, 11) is 0. The topological polar surface area (TPSA) is 32.7 Å². The average Bonchev–Trinajstić information content (AvgIpc) is 2.58. The van der Waals surface area contributed by atoms with Crippen LogP contribution in [0.1, 0.15) is 24.8 Å². The van der Waals surface area contributed by atoms with Crippen molar-refractivity contribution in [3.63, 3.8) is 0 Å². The van der Waals surface area contributed by atoms with Crippen molar-refractivity contribution in [3.05, 3.63) is 28.8 Å². The Morgan fingerprint density at radius 3 is 3.00 bits per heavy atom. The van der Waals surface area contributed by atoms with Crippen LogP contribution in [0.5, 0.6) is 5.75 Å². The molecule has 0 radical (unpaired) electrons. The first-order chi connectivity index (χ1) is 9.16. The molecular weight excluding hydrogens is 262 g/mol. The molecule has 0 aliphatic carbocycles. The van der Waals surface area contributed by atoms with Crippen LogP contribution >= 0.6 is 11.6 Å². The van der Waals surface area contributed by atoms with E-state index in [0.29, 0.717) is 11.6 Å². The van der Waals surface area contributed by atoms with Gasteiger partial charge in [0.05, 0.1) is 11.1 Å². The van der Waals surface area contributed by atoms with Gasteiger partial charge < -0.3 is 9.84 Å². The maximum atomic E-state index is 9.61. The number of para-hydroxylation sites is 1. The molecule has 0 saturated carbocycles. The largest absolute Gasteiger partial charge is 0.490 e. The minimum Gasteiger partial charge on any atom is -0.490 e. The molecule has 4 heteroatoms. The van der Waals surface area contributed by atoms with Gasteiger partial charge in [0.2, 0.25) is 0 Å². The fraction of sp³-hybridized carbons (Fsp3) is 0.600. The van der Waals surface area contributed by atoms with Gasteiger partial charge in [-0.2, -0.15) is 0 Å². The molecule has 1 aromatic carbocycles. The quantitative estimate of drug-likeness (QED) is 0.922. The van der Waals surface area contributed by atoms with E-state index in [1.165, 1.54) is 0 Å². The number of halogens is 1. The summed E-state index contributed by atoms with van der Waals surface area (Å²) in [6.07, 6.45) is 2.72. The minimum atomic E-state index is -0.128. The van der Waals surface area contributed by atoms with Crippen LogP contribution in [0.15, 0.2) is 18.2 Å². The van der Waals surface area contributed by atoms with Gasteiger partial charge in [0, 0.05) is 13.1 Å². The van der Waals surface area contributed by atoms with E-state index in [0.717, 1.165) is 50.2 Å². The Labute approximate surface area is 120 Å². The van der Waals surface area contributed by atoms with Gasteiger partial charge in [0.15, 0.2) is 0 Å². The second-order valence-electron chi connectivity index (χ2n) is 5.16. The molecule has 3 nitrogen and oxygen atoms in total. The summed E-state index contributed by atoms with van der Waals surface area (Å²) in [6.45, 7) is 5.52. The molecule has 1 fully saturated rings. The third-order valence-corrected chi connectivity index (χ3v) is 3.91. The molecule has 0 amide bonds. The predicted molar refractivity (Wildman–Crippen MR) is 78.0 cm³/mol. The maximum Gasteiger partial charge on any atom is 0.140 e. The van der Waals surface area contributed by atoms with Gasteiger partial charge in [-0.25, -0.2) is 0 Å². The Hall–Kier alpha value is -0.770. The lowest BCUT2D eigenvalue weighted by Crippen LogP contribution is -2.29. The van der Waals surface area contributed by atoms with Crippen molar-refractivity contribution in [2.45, 2.75) is 32.3 Å². The summed E-state index contributed by atoms with van der Waals surface area (Å²) in [5.41, 5.74) is 1.07. The van der Waals surface area contributed by atoms with Gasteiger partial charge in [0.25, 0.3) is 0 Å². The number of rotatable bonds is 4. The highest BCUT2D eigenvalue weighted by atomic mass is 35.5. The van der Waals surface area contributed by atoms with Gasteiger partial charge in [0.1, 0.15) is 12.4 Å². The molecule has 0 aromatic heterocycles. The molecule has 1 aliphatic heterocycles. The maximum absolute atomic E-state index is 9.61. The fourth-order valence-corrected chi connectivity index (χ4v) is 2.71. The van der Waals surface area contributed by atoms with Crippen molar-refractivity contribution in [3.8, 4) is 5.75 Å². The number of likely N-dealkylation sites (tertiary alicyclic amines) is 1. The van der Waals surface area contributed by atoms with Crippen molar-refractivity contribution in [1.29, 1.82) is 0 Å². The molecule has 0 bridgehead atoms. The van der Waals surface area contributed by atoms with Crippen LogP contribution in [0, 0.1) is 6.92 Å². The molecule has 1 aromatic rings. The first kappa shape index (κ1) is 14.6. The van der Waals surface area contributed by atoms with Crippen LogP contribution in [0.4, 0.5) is 0 Å². The summed E-state index contributed by atoms with van der Waals surface area (Å²) in [5.74, 6) is 0.791. The number of ether oxygens (including phenoxy) is 1. The van der Waals surface area contributed by atoms with E-state index in [9.17, 15) is 5.11 Å². The number of aliphatic hydroxyl groups excluding tert-OH is 1. The van der Waals surface area contributed by atoms with E-state index in [1.54, 1.807) is 0 Å². The first-order valence-electron chi connectivity index (χ1n) is 6.95. The average molecular weight is 284 g/mol. The van der Waals surface area contributed by atoms with Crippen LogP contribution < -0.4 is 4.74 Å². The Balaban J connectivity index is 1.80. The van der Waals surface area contributed by atoms with Gasteiger partial charge in [-0.15, -0.1) is 0 Å². The zero-order chi connectivity index (χ0) is 13.7. The monoisotopic (exact) mass is 283 g/mol. The lowest BCUT2D eigenvalue weighted by Gasteiger charge is -2.20. The lowest BCUT2D eigenvalue weighted by molar-refractivity contribution is 0.152. The predicted octanol–water partition coefficient (Wildman–Crippen LogP) is 2.87. The highest BCUT2D eigenvalue weighted by molar-refractivity contribution is 6.32. The van der Waals surface area contributed by atoms with Gasteiger partial charge >= 0.3 is 0 Å². The van der Waals surface area contributed by atoms with Gasteiger partial charge in [-0.1, -0.05) is 23.7 Å². The summed E-state index contributed by atoms with van der Waals surface area (Å²) in [6, 6.07) is 5.79. The Bertz CT molecular complexity index is 391. The summed E-state index contributed by atoms with van der Waals surface area (Å²) in [4.78, 5) is 2.35.